The molecule has 160 valence electrons. The highest BCUT2D eigenvalue weighted by Gasteiger charge is 2.43. The van der Waals surface area contributed by atoms with Crippen molar-refractivity contribution < 1.29 is 28.2 Å². The molecule has 5 nitrogen and oxygen atoms in total. The highest BCUT2D eigenvalue weighted by Crippen LogP contribution is 2.41. The molecule has 0 fully saturated rings. The lowest BCUT2D eigenvalue weighted by Gasteiger charge is -2.25. The predicted molar refractivity (Wildman–Crippen MR) is 112 cm³/mol. The van der Waals surface area contributed by atoms with Crippen molar-refractivity contribution in [1.29, 1.82) is 0 Å². The molecule has 0 aromatic heterocycles. The zero-order valence-electron chi connectivity index (χ0n) is 16.2. The Hall–Kier alpha value is -3.16. The van der Waals surface area contributed by atoms with E-state index in [-0.39, 0.29) is 18.0 Å². The number of aliphatic hydroxyl groups is 1. The molecule has 1 aliphatic heterocycles. The zero-order valence-corrected chi connectivity index (χ0v) is 17.0. The van der Waals surface area contributed by atoms with Gasteiger partial charge in [0, 0.05) is 10.7 Å². The Bertz CT molecular complexity index is 1100. The number of halogens is 3. The summed E-state index contributed by atoms with van der Waals surface area (Å²) in [6, 6.07) is 18.9. The van der Waals surface area contributed by atoms with Gasteiger partial charge < -0.3 is 19.5 Å². The van der Waals surface area contributed by atoms with Crippen LogP contribution >= 0.6 is 11.6 Å². The van der Waals surface area contributed by atoms with Gasteiger partial charge in [-0.15, -0.1) is 8.78 Å². The molecule has 0 spiro atoms. The number of benzene rings is 3. The minimum atomic E-state index is -3.68. The summed E-state index contributed by atoms with van der Waals surface area (Å²) in [5.41, 5.74) is 2.94. The van der Waals surface area contributed by atoms with Gasteiger partial charge in [0.1, 0.15) is 6.61 Å². The second kappa shape index (κ2) is 8.53. The first kappa shape index (κ1) is 21.1. The minimum Gasteiger partial charge on any atom is -0.395 e. The monoisotopic (exact) mass is 445 g/mol. The van der Waals surface area contributed by atoms with Gasteiger partial charge in [0.15, 0.2) is 11.5 Å². The number of hydrogen-bond donors (Lipinski definition) is 1. The maximum Gasteiger partial charge on any atom is 0.586 e. The van der Waals surface area contributed by atoms with Gasteiger partial charge in [-0.25, -0.2) is 0 Å². The van der Waals surface area contributed by atoms with Crippen LogP contribution in [0.4, 0.5) is 14.5 Å². The Kier molecular flexibility index (Phi) is 5.80. The number of alkyl halides is 2. The molecule has 1 aliphatic rings. The Labute approximate surface area is 182 Å². The summed E-state index contributed by atoms with van der Waals surface area (Å²) in [7, 11) is 0. The molecule has 3 aromatic rings. The molecule has 0 bridgehead atoms. The Balaban J connectivity index is 1.63. The molecule has 4 rings (SSSR count). The molecule has 0 radical (unpaired) electrons. The molecule has 0 saturated heterocycles. The number of carbonyl (C=O) groups is 1. The number of nitrogens with zero attached hydrogens (tertiary/aromatic N) is 1. The highest BCUT2D eigenvalue weighted by atomic mass is 35.5. The average Bonchev–Trinajstić information content (AvgIpc) is 3.06. The zero-order chi connectivity index (χ0) is 22.0. The number of rotatable bonds is 6. The minimum absolute atomic E-state index is 0.0261. The molecular weight excluding hydrogens is 428 g/mol. The van der Waals surface area contributed by atoms with Crippen LogP contribution in [0.1, 0.15) is 16.7 Å². The molecule has 1 amide bonds. The lowest BCUT2D eigenvalue weighted by molar-refractivity contribution is -0.286. The van der Waals surface area contributed by atoms with Crippen LogP contribution in [0, 0.1) is 0 Å². The van der Waals surface area contributed by atoms with E-state index >= 15 is 0 Å². The van der Waals surface area contributed by atoms with Gasteiger partial charge in [-0.2, -0.15) is 0 Å². The van der Waals surface area contributed by atoms with Gasteiger partial charge in [0.25, 0.3) is 5.91 Å². The van der Waals surface area contributed by atoms with Crippen LogP contribution in [-0.4, -0.2) is 23.9 Å². The maximum absolute atomic E-state index is 13.3. The number of aliphatic hydroxyl groups excluding tert-OH is 1. The van der Waals surface area contributed by atoms with Gasteiger partial charge in [0.2, 0.25) is 0 Å². The number of ether oxygens (including phenoxy) is 2. The van der Waals surface area contributed by atoms with E-state index in [1.807, 2.05) is 12.1 Å². The summed E-state index contributed by atoms with van der Waals surface area (Å²) in [4.78, 5) is 14.0. The van der Waals surface area contributed by atoms with Crippen LogP contribution in [-0.2, 0) is 17.8 Å². The highest BCUT2D eigenvalue weighted by molar-refractivity contribution is 6.30. The van der Waals surface area contributed by atoms with E-state index in [1.165, 1.54) is 17.0 Å². The van der Waals surface area contributed by atoms with E-state index < -0.39 is 18.8 Å². The van der Waals surface area contributed by atoms with Crippen LogP contribution in [0.15, 0.2) is 66.7 Å². The maximum atomic E-state index is 13.3. The summed E-state index contributed by atoms with van der Waals surface area (Å²) in [6.45, 7) is -0.415. The van der Waals surface area contributed by atoms with E-state index in [1.54, 1.807) is 42.5 Å². The van der Waals surface area contributed by atoms with Crippen molar-refractivity contribution in [2.45, 2.75) is 19.3 Å². The largest absolute Gasteiger partial charge is 0.586 e. The number of para-hydroxylation sites is 1. The van der Waals surface area contributed by atoms with E-state index in [2.05, 4.69) is 9.47 Å². The Morgan fingerprint density at radius 1 is 0.968 bits per heavy atom. The molecule has 1 heterocycles. The predicted octanol–water partition coefficient (Wildman–Crippen LogP) is 4.78. The van der Waals surface area contributed by atoms with Gasteiger partial charge in [0.05, 0.1) is 6.54 Å². The van der Waals surface area contributed by atoms with Crippen molar-refractivity contribution in [3.63, 3.8) is 0 Å². The fraction of sp³-hybridized carbons (Fsp3) is 0.174. The molecule has 0 unspecified atom stereocenters. The SMILES string of the molecule is O=C(CO)N(Cc1ccc(Cl)cc1)c1ccccc1Cc1ccc2c(c1)OC(F)(F)O2. The average molecular weight is 446 g/mol. The lowest BCUT2D eigenvalue weighted by Crippen LogP contribution is -2.33. The fourth-order valence-electron chi connectivity index (χ4n) is 3.41. The number of anilines is 1. The second-order valence-electron chi connectivity index (χ2n) is 7.02. The van der Waals surface area contributed by atoms with Crippen LogP contribution in [0.25, 0.3) is 0 Å². The third-order valence-electron chi connectivity index (χ3n) is 4.83. The molecule has 3 aromatic carbocycles. The Morgan fingerprint density at radius 2 is 1.65 bits per heavy atom. The molecule has 1 N–H and O–H groups in total. The fourth-order valence-corrected chi connectivity index (χ4v) is 3.54. The van der Waals surface area contributed by atoms with E-state index in [0.29, 0.717) is 22.7 Å². The molecule has 31 heavy (non-hydrogen) atoms. The van der Waals surface area contributed by atoms with E-state index in [4.69, 9.17) is 11.6 Å². The molecule has 0 saturated carbocycles. The normalized spacial score (nSPS) is 13.8. The van der Waals surface area contributed by atoms with Crippen LogP contribution < -0.4 is 14.4 Å². The van der Waals surface area contributed by atoms with E-state index in [9.17, 15) is 18.7 Å². The van der Waals surface area contributed by atoms with Crippen molar-refractivity contribution in [3.8, 4) is 11.5 Å². The van der Waals surface area contributed by atoms with Crippen molar-refractivity contribution in [2.75, 3.05) is 11.5 Å². The molecule has 8 heteroatoms. The topological polar surface area (TPSA) is 59.0 Å². The quantitative estimate of drug-likeness (QED) is 0.593. The standard InChI is InChI=1S/C23H18ClF2NO4/c24-18-8-5-15(6-9-18)13-27(22(29)14-28)19-4-2-1-3-17(19)11-16-7-10-20-21(12-16)31-23(25,26)30-20/h1-10,12,28H,11,13-14H2. The van der Waals surface area contributed by atoms with Gasteiger partial charge >= 0.3 is 6.29 Å². The van der Waals surface area contributed by atoms with Crippen molar-refractivity contribution in [3.05, 3.63) is 88.4 Å². The van der Waals surface area contributed by atoms with Crippen LogP contribution in [0.5, 0.6) is 11.5 Å². The summed E-state index contributed by atoms with van der Waals surface area (Å²) in [5, 5.41) is 10.1. The number of amides is 1. The smallest absolute Gasteiger partial charge is 0.395 e. The van der Waals surface area contributed by atoms with Crippen molar-refractivity contribution in [1.82, 2.24) is 0 Å². The van der Waals surface area contributed by atoms with Gasteiger partial charge in [-0.1, -0.05) is 48.0 Å². The molecular formula is C23H18ClF2NO4. The third-order valence-corrected chi connectivity index (χ3v) is 5.08. The summed E-state index contributed by atoms with van der Waals surface area (Å²) in [5.74, 6) is -0.529. The first-order valence-corrected chi connectivity index (χ1v) is 9.85. The van der Waals surface area contributed by atoms with Crippen LogP contribution in [0.2, 0.25) is 5.02 Å². The third kappa shape index (κ3) is 4.78. The number of hydrogen-bond acceptors (Lipinski definition) is 4. The van der Waals surface area contributed by atoms with Gasteiger partial charge in [-0.3, -0.25) is 4.79 Å². The van der Waals surface area contributed by atoms with E-state index in [0.717, 1.165) is 11.1 Å². The lowest BCUT2D eigenvalue weighted by atomic mass is 10.0. The van der Waals surface area contributed by atoms with Crippen molar-refractivity contribution in [2.24, 2.45) is 0 Å². The number of carbonyl (C=O) groups excluding carboxylic acids is 1. The summed E-state index contributed by atoms with van der Waals surface area (Å²) in [6.07, 6.45) is -3.32. The number of fused-ring (bicyclic) bond motifs is 1. The van der Waals surface area contributed by atoms with Crippen molar-refractivity contribution >= 4 is 23.2 Å². The molecule has 0 aliphatic carbocycles. The second-order valence-corrected chi connectivity index (χ2v) is 7.45. The summed E-state index contributed by atoms with van der Waals surface area (Å²) >= 11 is 5.94. The van der Waals surface area contributed by atoms with Crippen LogP contribution in [0.3, 0.4) is 0 Å². The first-order chi connectivity index (χ1) is 14.8. The van der Waals surface area contributed by atoms with Gasteiger partial charge in [-0.05, 0) is 53.4 Å². The molecule has 0 atom stereocenters. The summed E-state index contributed by atoms with van der Waals surface area (Å²) < 4.78 is 35.6. The Morgan fingerprint density at radius 3 is 2.39 bits per heavy atom. The first-order valence-electron chi connectivity index (χ1n) is 9.47.